The first kappa shape index (κ1) is 16.2. The average molecular weight is 356 g/mol. The summed E-state index contributed by atoms with van der Waals surface area (Å²) < 4.78 is 6.48. The van der Waals surface area contributed by atoms with Crippen LogP contribution in [0.1, 0.15) is 37.0 Å². The lowest BCUT2D eigenvalue weighted by atomic mass is 10.1. The van der Waals surface area contributed by atoms with E-state index in [2.05, 4.69) is 26.2 Å². The number of carbonyl (C=O) groups excluding carboxylic acids is 1. The van der Waals surface area contributed by atoms with Crippen LogP contribution in [-0.4, -0.2) is 48.1 Å². The van der Waals surface area contributed by atoms with E-state index in [1.54, 1.807) is 6.20 Å². The van der Waals surface area contributed by atoms with Crippen LogP contribution in [0.3, 0.4) is 0 Å². The first-order valence-corrected chi connectivity index (χ1v) is 8.25. The predicted octanol–water partition coefficient (Wildman–Crippen LogP) is 2.92. The predicted molar refractivity (Wildman–Crippen MR) is 86.7 cm³/mol. The van der Waals surface area contributed by atoms with Gasteiger partial charge in [-0.15, -0.1) is 0 Å². The number of amides is 1. The summed E-state index contributed by atoms with van der Waals surface area (Å²) in [6.45, 7) is 6.84. The summed E-state index contributed by atoms with van der Waals surface area (Å²) in [6.07, 6.45) is 3.85. The van der Waals surface area contributed by atoms with Gasteiger partial charge in [-0.3, -0.25) is 4.79 Å². The molecule has 0 bridgehead atoms. The maximum absolute atomic E-state index is 12.8. The van der Waals surface area contributed by atoms with Gasteiger partial charge in [0.05, 0.1) is 11.7 Å². The van der Waals surface area contributed by atoms with E-state index in [0.717, 1.165) is 30.4 Å². The van der Waals surface area contributed by atoms with E-state index < -0.39 is 0 Å². The molecule has 1 N–H and O–H groups in total. The van der Waals surface area contributed by atoms with Crippen LogP contribution < -0.4 is 5.32 Å². The third kappa shape index (κ3) is 4.17. The first-order chi connectivity index (χ1) is 10.2. The second kappa shape index (κ2) is 7.75. The molecule has 21 heavy (non-hydrogen) atoms. The zero-order chi connectivity index (χ0) is 15.2. The van der Waals surface area contributed by atoms with Crippen LogP contribution in [0.4, 0.5) is 5.82 Å². The molecular formula is C15H22BrN3O2. The Bertz CT molecular complexity index is 494. The van der Waals surface area contributed by atoms with Crippen LogP contribution in [0.5, 0.6) is 0 Å². The zero-order valence-corrected chi connectivity index (χ0v) is 14.1. The molecule has 1 atom stereocenters. The smallest absolute Gasteiger partial charge is 0.257 e. The summed E-state index contributed by atoms with van der Waals surface area (Å²) in [6, 6.07) is 1.83. The number of anilines is 1. The Hall–Kier alpha value is -1.14. The molecule has 0 saturated carbocycles. The molecule has 6 heteroatoms. The molecule has 1 aliphatic rings. The van der Waals surface area contributed by atoms with Gasteiger partial charge in [0, 0.05) is 36.9 Å². The Morgan fingerprint density at radius 2 is 2.38 bits per heavy atom. The number of pyridine rings is 1. The second-order valence-corrected chi connectivity index (χ2v) is 5.97. The Morgan fingerprint density at radius 1 is 1.57 bits per heavy atom. The number of nitrogens with one attached hydrogen (secondary N) is 1. The number of rotatable bonds is 5. The lowest BCUT2D eigenvalue weighted by Crippen LogP contribution is -2.43. The summed E-state index contributed by atoms with van der Waals surface area (Å²) in [7, 11) is 0. The monoisotopic (exact) mass is 355 g/mol. The number of nitrogens with zero attached hydrogens (tertiary/aromatic N) is 2. The molecule has 116 valence electrons. The van der Waals surface area contributed by atoms with E-state index in [1.807, 2.05) is 24.8 Å². The molecule has 2 heterocycles. The summed E-state index contributed by atoms with van der Waals surface area (Å²) in [4.78, 5) is 18.9. The highest BCUT2D eigenvalue weighted by Gasteiger charge is 2.26. The molecule has 0 radical (unpaired) electrons. The van der Waals surface area contributed by atoms with Gasteiger partial charge in [0.2, 0.25) is 0 Å². The number of likely N-dealkylation sites (tertiary alicyclic amines) is 1. The van der Waals surface area contributed by atoms with Gasteiger partial charge < -0.3 is 15.0 Å². The lowest BCUT2D eigenvalue weighted by Gasteiger charge is -2.32. The van der Waals surface area contributed by atoms with Crippen LogP contribution in [0.2, 0.25) is 0 Å². The quantitative estimate of drug-likeness (QED) is 0.882. The standard InChI is InChI=1S/C15H22BrN3O2/c1-3-17-14-13(8-11(16)9-18-14)15(20)19-7-5-6-12(10-19)21-4-2/h8-9,12H,3-7,10H2,1-2H3,(H,17,18). The molecule has 1 saturated heterocycles. The van der Waals surface area contributed by atoms with Crippen LogP contribution >= 0.6 is 15.9 Å². The fraction of sp³-hybridized carbons (Fsp3) is 0.600. The van der Waals surface area contributed by atoms with Crippen molar-refractivity contribution in [3.8, 4) is 0 Å². The van der Waals surface area contributed by atoms with E-state index in [1.165, 1.54) is 0 Å². The van der Waals surface area contributed by atoms with Crippen molar-refractivity contribution in [2.24, 2.45) is 0 Å². The maximum atomic E-state index is 12.8. The Kier molecular flexibility index (Phi) is 5.99. The Labute approximate surface area is 134 Å². The number of halogens is 1. The van der Waals surface area contributed by atoms with E-state index in [0.29, 0.717) is 24.5 Å². The van der Waals surface area contributed by atoms with E-state index in [9.17, 15) is 4.79 Å². The molecule has 1 aliphatic heterocycles. The summed E-state index contributed by atoms with van der Waals surface area (Å²) in [5.41, 5.74) is 0.614. The van der Waals surface area contributed by atoms with Crippen molar-refractivity contribution in [3.05, 3.63) is 22.3 Å². The number of hydrogen-bond donors (Lipinski definition) is 1. The van der Waals surface area contributed by atoms with Gasteiger partial charge in [0.25, 0.3) is 5.91 Å². The van der Waals surface area contributed by atoms with E-state index in [4.69, 9.17) is 4.74 Å². The highest BCUT2D eigenvalue weighted by molar-refractivity contribution is 9.10. The largest absolute Gasteiger partial charge is 0.377 e. The lowest BCUT2D eigenvalue weighted by molar-refractivity contribution is 0.00726. The normalized spacial score (nSPS) is 18.6. The van der Waals surface area contributed by atoms with E-state index in [-0.39, 0.29) is 12.0 Å². The van der Waals surface area contributed by atoms with Gasteiger partial charge in [0.15, 0.2) is 0 Å². The fourth-order valence-corrected chi connectivity index (χ4v) is 2.91. The Balaban J connectivity index is 2.16. The van der Waals surface area contributed by atoms with Gasteiger partial charge in [-0.1, -0.05) is 0 Å². The minimum Gasteiger partial charge on any atom is -0.377 e. The van der Waals surface area contributed by atoms with Gasteiger partial charge >= 0.3 is 0 Å². The summed E-state index contributed by atoms with van der Waals surface area (Å²) in [5, 5.41) is 3.15. The molecule has 5 nitrogen and oxygen atoms in total. The molecule has 0 aliphatic carbocycles. The highest BCUT2D eigenvalue weighted by Crippen LogP contribution is 2.22. The first-order valence-electron chi connectivity index (χ1n) is 7.46. The van der Waals surface area contributed by atoms with Crippen LogP contribution in [-0.2, 0) is 4.74 Å². The number of carbonyl (C=O) groups is 1. The third-order valence-corrected chi connectivity index (χ3v) is 3.93. The number of ether oxygens (including phenoxy) is 1. The average Bonchev–Trinajstić information content (AvgIpc) is 2.49. The highest BCUT2D eigenvalue weighted by atomic mass is 79.9. The van der Waals surface area contributed by atoms with Gasteiger partial charge in [-0.2, -0.15) is 0 Å². The maximum Gasteiger partial charge on any atom is 0.257 e. The second-order valence-electron chi connectivity index (χ2n) is 5.05. The van der Waals surface area contributed by atoms with E-state index >= 15 is 0 Å². The molecule has 0 aromatic carbocycles. The molecule has 1 amide bonds. The fourth-order valence-electron chi connectivity index (χ4n) is 2.58. The molecule has 2 rings (SSSR count). The molecule has 0 spiro atoms. The molecular weight excluding hydrogens is 334 g/mol. The minimum atomic E-state index is 0.0177. The van der Waals surface area contributed by atoms with Crippen molar-refractivity contribution >= 4 is 27.7 Å². The molecule has 1 fully saturated rings. The van der Waals surface area contributed by atoms with Crippen LogP contribution in [0, 0.1) is 0 Å². The van der Waals surface area contributed by atoms with Crippen molar-refractivity contribution in [1.29, 1.82) is 0 Å². The van der Waals surface area contributed by atoms with Crippen molar-refractivity contribution in [2.45, 2.75) is 32.8 Å². The molecule has 1 aromatic heterocycles. The van der Waals surface area contributed by atoms with Crippen LogP contribution in [0.25, 0.3) is 0 Å². The van der Waals surface area contributed by atoms with Crippen molar-refractivity contribution in [3.63, 3.8) is 0 Å². The number of aromatic nitrogens is 1. The minimum absolute atomic E-state index is 0.0177. The van der Waals surface area contributed by atoms with Crippen molar-refractivity contribution < 1.29 is 9.53 Å². The third-order valence-electron chi connectivity index (χ3n) is 3.50. The number of hydrogen-bond acceptors (Lipinski definition) is 4. The number of piperidine rings is 1. The SMILES string of the molecule is CCNc1ncc(Br)cc1C(=O)N1CCCC(OCC)C1. The van der Waals surface area contributed by atoms with Gasteiger partial charge in [-0.25, -0.2) is 4.98 Å². The summed E-state index contributed by atoms with van der Waals surface area (Å²) >= 11 is 3.39. The van der Waals surface area contributed by atoms with Crippen molar-refractivity contribution in [2.75, 3.05) is 31.6 Å². The molecule has 1 aromatic rings. The summed E-state index contributed by atoms with van der Waals surface area (Å²) in [5.74, 6) is 0.661. The van der Waals surface area contributed by atoms with Gasteiger partial charge in [-0.05, 0) is 48.7 Å². The van der Waals surface area contributed by atoms with Gasteiger partial charge in [0.1, 0.15) is 5.82 Å². The Morgan fingerprint density at radius 3 is 3.10 bits per heavy atom. The molecule has 1 unspecified atom stereocenters. The van der Waals surface area contributed by atoms with Crippen LogP contribution in [0.15, 0.2) is 16.7 Å². The van der Waals surface area contributed by atoms with Crippen molar-refractivity contribution in [1.82, 2.24) is 9.88 Å². The topological polar surface area (TPSA) is 54.5 Å². The zero-order valence-electron chi connectivity index (χ0n) is 12.6.